The van der Waals surface area contributed by atoms with Crippen LogP contribution in [0.15, 0.2) is 23.5 Å². The first-order valence-electron chi connectivity index (χ1n) is 10.1. The topological polar surface area (TPSA) is 52.6 Å². The van der Waals surface area contributed by atoms with Gasteiger partial charge in [0, 0.05) is 32.0 Å². The number of nitrogens with one attached hydrogen (secondary N) is 2. The predicted octanol–water partition coefficient (Wildman–Crippen LogP) is 3.15. The lowest BCUT2D eigenvalue weighted by molar-refractivity contribution is -0.148. The second-order valence-corrected chi connectivity index (χ2v) is 7.36. The maximum Gasteiger partial charge on any atom is 0.401 e. The van der Waals surface area contributed by atoms with Crippen molar-refractivity contribution in [1.29, 1.82) is 0 Å². The van der Waals surface area contributed by atoms with Crippen LogP contribution in [0.5, 0.6) is 0 Å². The lowest BCUT2D eigenvalue weighted by atomic mass is 9.93. The van der Waals surface area contributed by atoms with E-state index in [0.29, 0.717) is 25.6 Å². The van der Waals surface area contributed by atoms with Crippen LogP contribution in [-0.4, -0.2) is 61.3 Å². The van der Waals surface area contributed by atoms with Crippen LogP contribution in [0.4, 0.5) is 13.2 Å². The summed E-state index contributed by atoms with van der Waals surface area (Å²) in [5.41, 5.74) is 2.45. The molecule has 0 amide bonds. The number of alkyl halides is 3. The van der Waals surface area contributed by atoms with Crippen LogP contribution in [0, 0.1) is 12.8 Å². The zero-order valence-electron chi connectivity index (χ0n) is 16.9. The third kappa shape index (κ3) is 8.46. The van der Waals surface area contributed by atoms with E-state index in [4.69, 9.17) is 0 Å². The fourth-order valence-electron chi connectivity index (χ4n) is 3.49. The molecular weight excluding hydrogens is 367 g/mol. The Labute approximate surface area is 165 Å². The van der Waals surface area contributed by atoms with E-state index in [-0.39, 0.29) is 0 Å². The Hall–Kier alpha value is -1.83. The van der Waals surface area contributed by atoms with Gasteiger partial charge in [-0.05, 0) is 75.7 Å². The highest BCUT2D eigenvalue weighted by Gasteiger charge is 2.32. The molecule has 1 saturated heterocycles. The fraction of sp³-hybridized carbons (Fsp3) is 0.700. The summed E-state index contributed by atoms with van der Waals surface area (Å²) in [5.74, 6) is 1.25. The average Bonchev–Trinajstić information content (AvgIpc) is 2.63. The summed E-state index contributed by atoms with van der Waals surface area (Å²) in [4.78, 5) is 10.2. The lowest BCUT2D eigenvalue weighted by Crippen LogP contribution is -2.40. The van der Waals surface area contributed by atoms with Crippen molar-refractivity contribution < 1.29 is 13.2 Å². The van der Waals surface area contributed by atoms with Crippen molar-refractivity contribution in [2.24, 2.45) is 10.9 Å². The van der Waals surface area contributed by atoms with E-state index >= 15 is 0 Å². The van der Waals surface area contributed by atoms with E-state index in [1.807, 2.05) is 25.4 Å². The first kappa shape index (κ1) is 22.5. The van der Waals surface area contributed by atoms with Crippen molar-refractivity contribution in [2.75, 3.05) is 39.3 Å². The molecule has 0 radical (unpaired) electrons. The molecule has 28 heavy (non-hydrogen) atoms. The fourth-order valence-corrected chi connectivity index (χ4v) is 3.49. The van der Waals surface area contributed by atoms with Crippen LogP contribution >= 0.6 is 0 Å². The Kier molecular flexibility index (Phi) is 9.02. The van der Waals surface area contributed by atoms with Crippen LogP contribution in [0.25, 0.3) is 0 Å². The molecule has 5 nitrogen and oxygen atoms in total. The van der Waals surface area contributed by atoms with Gasteiger partial charge in [0.2, 0.25) is 0 Å². The van der Waals surface area contributed by atoms with Crippen molar-refractivity contribution in [1.82, 2.24) is 20.5 Å². The zero-order valence-corrected chi connectivity index (χ0v) is 16.9. The second kappa shape index (κ2) is 11.2. The van der Waals surface area contributed by atoms with Crippen molar-refractivity contribution in [3.05, 3.63) is 29.6 Å². The van der Waals surface area contributed by atoms with Crippen LogP contribution < -0.4 is 10.6 Å². The van der Waals surface area contributed by atoms with Gasteiger partial charge in [-0.3, -0.25) is 14.9 Å². The summed E-state index contributed by atoms with van der Waals surface area (Å²) >= 11 is 0. The van der Waals surface area contributed by atoms with E-state index in [0.717, 1.165) is 44.7 Å². The smallest absolute Gasteiger partial charge is 0.357 e. The van der Waals surface area contributed by atoms with E-state index < -0.39 is 12.7 Å². The van der Waals surface area contributed by atoms with Gasteiger partial charge in [0.25, 0.3) is 0 Å². The number of halogens is 3. The molecule has 2 N–H and O–H groups in total. The van der Waals surface area contributed by atoms with Gasteiger partial charge >= 0.3 is 6.18 Å². The Morgan fingerprint density at radius 2 is 2.04 bits per heavy atom. The van der Waals surface area contributed by atoms with Crippen LogP contribution in [0.1, 0.15) is 37.3 Å². The Morgan fingerprint density at radius 1 is 1.29 bits per heavy atom. The molecule has 0 aliphatic carbocycles. The van der Waals surface area contributed by atoms with E-state index in [2.05, 4.69) is 27.5 Å². The highest BCUT2D eigenvalue weighted by Crippen LogP contribution is 2.24. The van der Waals surface area contributed by atoms with E-state index in [9.17, 15) is 13.2 Å². The zero-order chi connectivity index (χ0) is 20.4. The minimum atomic E-state index is -4.10. The maximum atomic E-state index is 12.5. The molecular formula is C20H32F3N5. The third-order valence-electron chi connectivity index (χ3n) is 5.08. The Bertz CT molecular complexity index is 610. The molecule has 0 bridgehead atoms. The summed E-state index contributed by atoms with van der Waals surface area (Å²) in [6.07, 6.45) is 3.03. The number of nitrogens with zero attached hydrogens (tertiary/aromatic N) is 3. The highest BCUT2D eigenvalue weighted by molar-refractivity contribution is 5.79. The molecule has 0 saturated carbocycles. The normalized spacial score (nSPS) is 17.0. The number of guanidine groups is 1. The van der Waals surface area contributed by atoms with Gasteiger partial charge in [-0.15, -0.1) is 0 Å². The minimum Gasteiger partial charge on any atom is -0.357 e. The van der Waals surface area contributed by atoms with Crippen molar-refractivity contribution in [3.63, 3.8) is 0 Å². The second-order valence-electron chi connectivity index (χ2n) is 7.36. The number of aromatic nitrogens is 1. The number of rotatable bonds is 8. The molecule has 0 atom stereocenters. The first-order chi connectivity index (χ1) is 13.4. The number of hydrogen-bond donors (Lipinski definition) is 2. The highest BCUT2D eigenvalue weighted by atomic mass is 19.4. The van der Waals surface area contributed by atoms with Crippen molar-refractivity contribution >= 4 is 5.96 Å². The molecule has 158 valence electrons. The van der Waals surface area contributed by atoms with Gasteiger partial charge in [0.1, 0.15) is 0 Å². The molecule has 2 heterocycles. The van der Waals surface area contributed by atoms with E-state index in [1.54, 1.807) is 0 Å². The molecule has 0 unspecified atom stereocenters. The number of pyridine rings is 1. The number of piperidine rings is 1. The van der Waals surface area contributed by atoms with E-state index in [1.165, 1.54) is 16.0 Å². The molecule has 0 aromatic carbocycles. The van der Waals surface area contributed by atoms with Crippen molar-refractivity contribution in [2.45, 2.75) is 45.7 Å². The third-order valence-corrected chi connectivity index (χ3v) is 5.08. The van der Waals surface area contributed by atoms with Gasteiger partial charge in [-0.2, -0.15) is 13.2 Å². The molecule has 0 spiro atoms. The molecule has 1 aromatic rings. The van der Waals surface area contributed by atoms with Gasteiger partial charge in [0.15, 0.2) is 5.96 Å². The van der Waals surface area contributed by atoms with Crippen LogP contribution in [0.3, 0.4) is 0 Å². The van der Waals surface area contributed by atoms with Gasteiger partial charge < -0.3 is 10.6 Å². The summed E-state index contributed by atoms with van der Waals surface area (Å²) in [5, 5.41) is 6.60. The quantitative estimate of drug-likeness (QED) is 0.521. The number of likely N-dealkylation sites (tertiary alicyclic amines) is 1. The van der Waals surface area contributed by atoms with Crippen LogP contribution in [0.2, 0.25) is 0 Å². The largest absolute Gasteiger partial charge is 0.401 e. The number of hydrogen-bond acceptors (Lipinski definition) is 3. The first-order valence-corrected chi connectivity index (χ1v) is 10.1. The van der Waals surface area contributed by atoms with Crippen LogP contribution in [-0.2, 0) is 6.42 Å². The van der Waals surface area contributed by atoms with Crippen molar-refractivity contribution in [3.8, 4) is 0 Å². The Balaban J connectivity index is 1.70. The summed E-state index contributed by atoms with van der Waals surface area (Å²) < 4.78 is 37.4. The molecule has 1 fully saturated rings. The molecule has 1 aliphatic heterocycles. The Morgan fingerprint density at radius 3 is 2.68 bits per heavy atom. The summed E-state index contributed by atoms with van der Waals surface area (Å²) in [7, 11) is 0. The molecule has 1 aliphatic rings. The average molecular weight is 400 g/mol. The predicted molar refractivity (Wildman–Crippen MR) is 106 cm³/mol. The standard InChI is InChI=1S/C20H32F3N5/c1-3-25-19(27-11-6-18-5-9-24-14-16(18)2)26-10-4-17-7-12-28(13-8-17)15-20(21,22)23/h5,9,14,17H,3-4,6-8,10-13,15H2,1-2H3,(H2,25,26,27). The summed E-state index contributed by atoms with van der Waals surface area (Å²) in [6, 6.07) is 2.03. The van der Waals surface area contributed by atoms with Gasteiger partial charge in [-0.25, -0.2) is 0 Å². The molecule has 8 heteroatoms. The lowest BCUT2D eigenvalue weighted by Gasteiger charge is -2.32. The molecule has 1 aromatic heterocycles. The monoisotopic (exact) mass is 399 g/mol. The SMILES string of the molecule is CCNC(=NCCC1CCN(CC(F)(F)F)CC1)NCCc1ccncc1C. The molecule has 2 rings (SSSR count). The van der Waals surface area contributed by atoms with Gasteiger partial charge in [-0.1, -0.05) is 0 Å². The minimum absolute atomic E-state index is 0.454. The van der Waals surface area contributed by atoms with Gasteiger partial charge in [0.05, 0.1) is 6.54 Å². The summed E-state index contributed by atoms with van der Waals surface area (Å²) in [6.45, 7) is 6.61. The number of aryl methyl sites for hydroxylation is 1. The maximum absolute atomic E-state index is 12.5. The number of aliphatic imine (C=N–C) groups is 1.